The molecule has 0 aliphatic heterocycles. The Kier molecular flexibility index (Phi) is 5.09. The van der Waals surface area contributed by atoms with Crippen LogP contribution in [0.15, 0.2) is 84.9 Å². The van der Waals surface area contributed by atoms with E-state index in [1.807, 2.05) is 91.9 Å². The number of nitrogens with zero attached hydrogens (tertiary/aromatic N) is 1. The monoisotopic (exact) mass is 386 g/mol. The van der Waals surface area contributed by atoms with Crippen molar-refractivity contribution >= 4 is 28.4 Å². The molecule has 4 rings (SSSR count). The molecule has 1 atom stereocenters. The number of hydrogen-bond donors (Lipinski definition) is 1. The summed E-state index contributed by atoms with van der Waals surface area (Å²) < 4.78 is 0. The lowest BCUT2D eigenvalue weighted by Crippen LogP contribution is -2.27. The van der Waals surface area contributed by atoms with Crippen molar-refractivity contribution in [3.63, 3.8) is 0 Å². The number of rotatable bonds is 4. The second kappa shape index (κ2) is 7.83. The molecule has 0 spiro atoms. The van der Waals surface area contributed by atoms with Crippen molar-refractivity contribution in [2.75, 3.05) is 0 Å². The van der Waals surface area contributed by atoms with E-state index in [4.69, 9.17) is 16.6 Å². The van der Waals surface area contributed by atoms with Gasteiger partial charge in [0.05, 0.1) is 22.8 Å². The molecule has 4 heteroatoms. The largest absolute Gasteiger partial charge is 0.345 e. The Labute approximate surface area is 169 Å². The third-order valence-electron chi connectivity index (χ3n) is 4.76. The Morgan fingerprint density at radius 2 is 1.61 bits per heavy atom. The molecule has 0 bridgehead atoms. The maximum atomic E-state index is 13.1. The molecule has 1 N–H and O–H groups in total. The van der Waals surface area contributed by atoms with Crippen LogP contribution in [0.4, 0.5) is 0 Å². The number of carbonyl (C=O) groups is 1. The maximum absolute atomic E-state index is 13.1. The van der Waals surface area contributed by atoms with Gasteiger partial charge in [-0.1, -0.05) is 78.3 Å². The molecule has 0 saturated carbocycles. The van der Waals surface area contributed by atoms with Crippen LogP contribution < -0.4 is 5.32 Å². The molecule has 4 aromatic rings. The lowest BCUT2D eigenvalue weighted by molar-refractivity contribution is 0.0941. The average Bonchev–Trinajstić information content (AvgIpc) is 2.74. The number of fused-ring (bicyclic) bond motifs is 1. The van der Waals surface area contributed by atoms with Crippen molar-refractivity contribution in [1.29, 1.82) is 0 Å². The summed E-state index contributed by atoms with van der Waals surface area (Å²) in [5.41, 5.74) is 3.89. The van der Waals surface area contributed by atoms with Crippen molar-refractivity contribution in [1.82, 2.24) is 10.3 Å². The number of halogens is 1. The Morgan fingerprint density at radius 3 is 2.39 bits per heavy atom. The number of hydrogen-bond acceptors (Lipinski definition) is 2. The lowest BCUT2D eigenvalue weighted by Gasteiger charge is -2.16. The van der Waals surface area contributed by atoms with Crippen LogP contribution in [0, 0.1) is 0 Å². The molecule has 28 heavy (non-hydrogen) atoms. The predicted octanol–water partition coefficient (Wildman–Crippen LogP) is 6.05. The summed E-state index contributed by atoms with van der Waals surface area (Å²) >= 11 is 6.37. The molecule has 1 heterocycles. The molecular weight excluding hydrogens is 368 g/mol. The molecule has 3 aromatic carbocycles. The number of nitrogens with one attached hydrogen (secondary N) is 1. The molecule has 1 aromatic heterocycles. The van der Waals surface area contributed by atoms with E-state index in [1.54, 1.807) is 0 Å². The minimum atomic E-state index is -0.136. The molecule has 0 fully saturated rings. The topological polar surface area (TPSA) is 42.0 Å². The highest BCUT2D eigenvalue weighted by Gasteiger charge is 2.17. The molecule has 1 amide bonds. The van der Waals surface area contributed by atoms with E-state index < -0.39 is 0 Å². The summed E-state index contributed by atoms with van der Waals surface area (Å²) in [6.45, 7) is 1.98. The van der Waals surface area contributed by atoms with Gasteiger partial charge in [-0.2, -0.15) is 0 Å². The van der Waals surface area contributed by atoms with E-state index in [-0.39, 0.29) is 11.9 Å². The van der Waals surface area contributed by atoms with E-state index >= 15 is 0 Å². The van der Waals surface area contributed by atoms with Gasteiger partial charge in [-0.3, -0.25) is 4.79 Å². The van der Waals surface area contributed by atoms with Gasteiger partial charge in [0, 0.05) is 16.0 Å². The summed E-state index contributed by atoms with van der Waals surface area (Å²) in [5, 5.41) is 4.52. The first-order valence-corrected chi connectivity index (χ1v) is 9.52. The van der Waals surface area contributed by atoms with E-state index in [0.717, 1.165) is 22.0 Å². The fourth-order valence-corrected chi connectivity index (χ4v) is 3.50. The highest BCUT2D eigenvalue weighted by molar-refractivity contribution is 6.33. The summed E-state index contributed by atoms with van der Waals surface area (Å²) in [7, 11) is 0. The fourth-order valence-electron chi connectivity index (χ4n) is 3.27. The third kappa shape index (κ3) is 3.62. The van der Waals surface area contributed by atoms with Crippen molar-refractivity contribution in [3.8, 4) is 11.3 Å². The summed E-state index contributed by atoms with van der Waals surface area (Å²) in [6, 6.07) is 26.8. The smallest absolute Gasteiger partial charge is 0.252 e. The Morgan fingerprint density at radius 1 is 0.929 bits per heavy atom. The summed E-state index contributed by atoms with van der Waals surface area (Å²) in [6.07, 6.45) is 0. The summed E-state index contributed by atoms with van der Waals surface area (Å²) in [4.78, 5) is 17.9. The summed E-state index contributed by atoms with van der Waals surface area (Å²) in [5.74, 6) is -0.136. The van der Waals surface area contributed by atoms with Crippen LogP contribution in [0.3, 0.4) is 0 Å². The number of benzene rings is 3. The van der Waals surface area contributed by atoms with Crippen LogP contribution in [0.25, 0.3) is 22.2 Å². The van der Waals surface area contributed by atoms with Crippen molar-refractivity contribution in [2.45, 2.75) is 13.0 Å². The van der Waals surface area contributed by atoms with Crippen LogP contribution in [-0.4, -0.2) is 10.9 Å². The van der Waals surface area contributed by atoms with Gasteiger partial charge in [-0.05, 0) is 30.7 Å². The fraction of sp³-hybridized carbons (Fsp3) is 0.0833. The second-order valence-corrected chi connectivity index (χ2v) is 7.07. The van der Waals surface area contributed by atoms with E-state index in [0.29, 0.717) is 16.3 Å². The zero-order valence-corrected chi connectivity index (χ0v) is 16.1. The third-order valence-corrected chi connectivity index (χ3v) is 5.09. The molecule has 0 unspecified atom stereocenters. The minimum Gasteiger partial charge on any atom is -0.345 e. The predicted molar refractivity (Wildman–Crippen MR) is 115 cm³/mol. The van der Waals surface area contributed by atoms with Gasteiger partial charge in [0.15, 0.2) is 0 Å². The number of para-hydroxylation sites is 1. The van der Waals surface area contributed by atoms with Crippen molar-refractivity contribution in [2.24, 2.45) is 0 Å². The van der Waals surface area contributed by atoms with Crippen molar-refractivity contribution in [3.05, 3.63) is 101 Å². The molecule has 3 nitrogen and oxygen atoms in total. The molecular formula is C24H19ClN2O. The van der Waals surface area contributed by atoms with Crippen molar-refractivity contribution < 1.29 is 4.79 Å². The van der Waals surface area contributed by atoms with Gasteiger partial charge in [-0.15, -0.1) is 0 Å². The van der Waals surface area contributed by atoms with E-state index in [2.05, 4.69) is 5.32 Å². The highest BCUT2D eigenvalue weighted by Crippen LogP contribution is 2.30. The Hall–Kier alpha value is -3.17. The maximum Gasteiger partial charge on any atom is 0.252 e. The second-order valence-electron chi connectivity index (χ2n) is 6.66. The molecule has 138 valence electrons. The van der Waals surface area contributed by atoms with Gasteiger partial charge >= 0.3 is 0 Å². The van der Waals surface area contributed by atoms with Gasteiger partial charge in [0.2, 0.25) is 0 Å². The normalized spacial score (nSPS) is 11.9. The first kappa shape index (κ1) is 18.2. The SMILES string of the molecule is C[C@@H](NC(=O)c1cc(-c2ccccc2Cl)nc2ccccc12)c1ccccc1. The minimum absolute atomic E-state index is 0.107. The Bertz CT molecular complexity index is 1140. The van der Waals surface area contributed by atoms with Crippen LogP contribution in [0.1, 0.15) is 28.9 Å². The highest BCUT2D eigenvalue weighted by atomic mass is 35.5. The van der Waals surface area contributed by atoms with Gasteiger partial charge in [0.25, 0.3) is 5.91 Å². The Balaban J connectivity index is 1.77. The quantitative estimate of drug-likeness (QED) is 0.464. The van der Waals surface area contributed by atoms with Gasteiger partial charge in [0.1, 0.15) is 0 Å². The van der Waals surface area contributed by atoms with Crippen LogP contribution >= 0.6 is 11.6 Å². The van der Waals surface area contributed by atoms with E-state index in [1.165, 1.54) is 0 Å². The van der Waals surface area contributed by atoms with Crippen LogP contribution in [0.2, 0.25) is 5.02 Å². The molecule has 0 aliphatic carbocycles. The lowest BCUT2D eigenvalue weighted by atomic mass is 10.0. The van der Waals surface area contributed by atoms with Crippen LogP contribution in [-0.2, 0) is 0 Å². The molecule has 0 aliphatic rings. The number of carbonyl (C=O) groups excluding carboxylic acids is 1. The number of aromatic nitrogens is 1. The molecule has 0 radical (unpaired) electrons. The first-order valence-electron chi connectivity index (χ1n) is 9.14. The van der Waals surface area contributed by atoms with Crippen LogP contribution in [0.5, 0.6) is 0 Å². The first-order chi connectivity index (χ1) is 13.6. The molecule has 0 saturated heterocycles. The number of amides is 1. The van der Waals surface area contributed by atoms with E-state index in [9.17, 15) is 4.79 Å². The van der Waals surface area contributed by atoms with Gasteiger partial charge in [-0.25, -0.2) is 4.98 Å². The zero-order chi connectivity index (χ0) is 19.5. The van der Waals surface area contributed by atoms with Gasteiger partial charge < -0.3 is 5.32 Å². The zero-order valence-electron chi connectivity index (χ0n) is 15.4. The standard InChI is InChI=1S/C24H19ClN2O/c1-16(17-9-3-2-4-10-17)26-24(28)20-15-23(19-12-5-7-13-21(19)25)27-22-14-8-6-11-18(20)22/h2-16H,1H3,(H,26,28)/t16-/m1/s1. The average molecular weight is 387 g/mol. The number of pyridine rings is 1.